The number of hydrogen-bond acceptors (Lipinski definition) is 2. The predicted octanol–water partition coefficient (Wildman–Crippen LogP) is 4.81. The number of rotatable bonds is 4. The number of benzene rings is 2. The predicted molar refractivity (Wildman–Crippen MR) is 80.5 cm³/mol. The molecular weight excluding hydrogens is 281 g/mol. The lowest BCUT2D eigenvalue weighted by atomic mass is 10.1. The topological polar surface area (TPSA) is 21.3 Å². The van der Waals surface area contributed by atoms with Crippen LogP contribution in [0.1, 0.15) is 11.1 Å². The van der Waals surface area contributed by atoms with Gasteiger partial charge in [-0.3, -0.25) is 0 Å². The van der Waals surface area contributed by atoms with Crippen LogP contribution in [0.2, 0.25) is 10.0 Å². The largest absolute Gasteiger partial charge is 0.457 e. The van der Waals surface area contributed by atoms with Crippen LogP contribution >= 0.6 is 23.2 Å². The zero-order chi connectivity index (χ0) is 13.8. The van der Waals surface area contributed by atoms with Gasteiger partial charge in [-0.15, -0.1) is 0 Å². The van der Waals surface area contributed by atoms with E-state index in [9.17, 15) is 0 Å². The molecule has 0 radical (unpaired) electrons. The first kappa shape index (κ1) is 14.2. The fourth-order valence-corrected chi connectivity index (χ4v) is 2.36. The van der Waals surface area contributed by atoms with E-state index in [1.807, 2.05) is 26.1 Å². The molecule has 2 rings (SSSR count). The Kier molecular flexibility index (Phi) is 4.70. The summed E-state index contributed by atoms with van der Waals surface area (Å²) in [7, 11) is 1.92. The molecule has 0 bridgehead atoms. The molecular formula is C15H15Cl2NO. The fourth-order valence-electron chi connectivity index (χ4n) is 1.85. The molecule has 0 spiro atoms. The molecule has 0 saturated carbocycles. The second-order valence-electron chi connectivity index (χ2n) is 4.34. The first-order valence-corrected chi connectivity index (χ1v) is 6.72. The molecule has 0 saturated heterocycles. The molecule has 0 fully saturated rings. The second kappa shape index (κ2) is 6.29. The highest BCUT2D eigenvalue weighted by Crippen LogP contribution is 2.30. The molecule has 0 unspecified atom stereocenters. The Bertz CT molecular complexity index is 564. The van der Waals surface area contributed by atoms with E-state index in [-0.39, 0.29) is 0 Å². The lowest BCUT2D eigenvalue weighted by Crippen LogP contribution is -2.05. The zero-order valence-electron chi connectivity index (χ0n) is 10.8. The third kappa shape index (κ3) is 3.87. The van der Waals surface area contributed by atoms with Gasteiger partial charge in [0.25, 0.3) is 0 Å². The maximum atomic E-state index is 5.95. The van der Waals surface area contributed by atoms with Crippen LogP contribution in [0.4, 0.5) is 0 Å². The maximum absolute atomic E-state index is 5.95. The van der Waals surface area contributed by atoms with Gasteiger partial charge in [0, 0.05) is 16.6 Å². The summed E-state index contributed by atoms with van der Waals surface area (Å²) in [6.45, 7) is 2.85. The Morgan fingerprint density at radius 1 is 1.05 bits per heavy atom. The molecule has 0 aliphatic rings. The minimum absolute atomic E-state index is 0.562. The van der Waals surface area contributed by atoms with Crippen LogP contribution in [-0.4, -0.2) is 7.05 Å². The van der Waals surface area contributed by atoms with Gasteiger partial charge in [-0.2, -0.15) is 0 Å². The third-order valence-electron chi connectivity index (χ3n) is 2.68. The highest BCUT2D eigenvalue weighted by Gasteiger charge is 2.05. The van der Waals surface area contributed by atoms with Gasteiger partial charge in [0.05, 0.1) is 0 Å². The molecule has 0 aliphatic heterocycles. The van der Waals surface area contributed by atoms with E-state index in [1.165, 1.54) is 5.56 Å². The highest BCUT2D eigenvalue weighted by atomic mass is 35.5. The number of hydrogen-bond donors (Lipinski definition) is 1. The summed E-state index contributed by atoms with van der Waals surface area (Å²) in [5.41, 5.74) is 2.29. The standard InChI is InChI=1S/C15H15Cl2NO/c1-10-5-11(9-18-2)3-4-15(10)19-14-7-12(16)6-13(17)8-14/h3-8,18H,9H2,1-2H3. The molecule has 4 heteroatoms. The minimum atomic E-state index is 0.562. The van der Waals surface area contributed by atoms with Crippen LogP contribution < -0.4 is 10.1 Å². The highest BCUT2D eigenvalue weighted by molar-refractivity contribution is 6.34. The number of nitrogens with one attached hydrogen (secondary N) is 1. The van der Waals surface area contributed by atoms with E-state index in [1.54, 1.807) is 18.2 Å². The zero-order valence-corrected chi connectivity index (χ0v) is 12.3. The molecule has 0 aliphatic carbocycles. The molecule has 0 heterocycles. The van der Waals surface area contributed by atoms with E-state index in [4.69, 9.17) is 27.9 Å². The van der Waals surface area contributed by atoms with Crippen molar-refractivity contribution in [2.75, 3.05) is 7.05 Å². The van der Waals surface area contributed by atoms with E-state index in [0.717, 1.165) is 17.9 Å². The van der Waals surface area contributed by atoms with E-state index < -0.39 is 0 Å². The monoisotopic (exact) mass is 295 g/mol. The summed E-state index contributed by atoms with van der Waals surface area (Å²) in [4.78, 5) is 0. The summed E-state index contributed by atoms with van der Waals surface area (Å²) in [5, 5.41) is 4.24. The van der Waals surface area contributed by atoms with E-state index in [2.05, 4.69) is 11.4 Å². The van der Waals surface area contributed by atoms with Crippen LogP contribution in [0.15, 0.2) is 36.4 Å². The lowest BCUT2D eigenvalue weighted by Gasteiger charge is -2.11. The van der Waals surface area contributed by atoms with Crippen molar-refractivity contribution < 1.29 is 4.74 Å². The molecule has 0 amide bonds. The normalized spacial score (nSPS) is 10.5. The number of ether oxygens (including phenoxy) is 1. The minimum Gasteiger partial charge on any atom is -0.457 e. The van der Waals surface area contributed by atoms with Crippen molar-refractivity contribution in [1.29, 1.82) is 0 Å². The van der Waals surface area contributed by atoms with Crippen molar-refractivity contribution in [1.82, 2.24) is 5.32 Å². The Morgan fingerprint density at radius 2 is 1.74 bits per heavy atom. The first-order valence-electron chi connectivity index (χ1n) is 5.96. The Morgan fingerprint density at radius 3 is 2.32 bits per heavy atom. The van der Waals surface area contributed by atoms with Gasteiger partial charge in [-0.25, -0.2) is 0 Å². The summed E-state index contributed by atoms with van der Waals surface area (Å²) >= 11 is 11.9. The Labute approximate surface area is 123 Å². The van der Waals surface area contributed by atoms with E-state index in [0.29, 0.717) is 15.8 Å². The molecule has 2 aromatic rings. The quantitative estimate of drug-likeness (QED) is 0.874. The molecule has 0 aromatic heterocycles. The van der Waals surface area contributed by atoms with Gasteiger partial charge in [-0.1, -0.05) is 35.3 Å². The van der Waals surface area contributed by atoms with Crippen molar-refractivity contribution in [2.45, 2.75) is 13.5 Å². The van der Waals surface area contributed by atoms with Crippen LogP contribution in [0, 0.1) is 6.92 Å². The van der Waals surface area contributed by atoms with Gasteiger partial charge in [0.2, 0.25) is 0 Å². The molecule has 1 N–H and O–H groups in total. The molecule has 19 heavy (non-hydrogen) atoms. The van der Waals surface area contributed by atoms with Crippen LogP contribution in [-0.2, 0) is 6.54 Å². The maximum Gasteiger partial charge on any atom is 0.130 e. The van der Waals surface area contributed by atoms with Gasteiger partial charge >= 0.3 is 0 Å². The summed E-state index contributed by atoms with van der Waals surface area (Å²) in [6, 6.07) is 11.3. The Balaban J connectivity index is 2.23. The fraction of sp³-hybridized carbons (Fsp3) is 0.200. The van der Waals surface area contributed by atoms with Crippen LogP contribution in [0.5, 0.6) is 11.5 Å². The molecule has 2 aromatic carbocycles. The SMILES string of the molecule is CNCc1ccc(Oc2cc(Cl)cc(Cl)c2)c(C)c1. The van der Waals surface area contributed by atoms with Crippen molar-refractivity contribution in [3.8, 4) is 11.5 Å². The summed E-state index contributed by atoms with van der Waals surface area (Å²) < 4.78 is 5.81. The van der Waals surface area contributed by atoms with Gasteiger partial charge in [0.15, 0.2) is 0 Å². The average Bonchev–Trinajstić information content (AvgIpc) is 2.32. The average molecular weight is 296 g/mol. The van der Waals surface area contributed by atoms with Gasteiger partial charge in [0.1, 0.15) is 11.5 Å². The third-order valence-corrected chi connectivity index (χ3v) is 3.12. The smallest absolute Gasteiger partial charge is 0.130 e. The molecule has 2 nitrogen and oxygen atoms in total. The van der Waals surface area contributed by atoms with Gasteiger partial charge < -0.3 is 10.1 Å². The molecule has 0 atom stereocenters. The Hall–Kier alpha value is -1.22. The van der Waals surface area contributed by atoms with Gasteiger partial charge in [-0.05, 0) is 49.4 Å². The van der Waals surface area contributed by atoms with Crippen LogP contribution in [0.25, 0.3) is 0 Å². The first-order chi connectivity index (χ1) is 9.08. The van der Waals surface area contributed by atoms with Crippen molar-refractivity contribution in [3.05, 3.63) is 57.6 Å². The summed E-state index contributed by atoms with van der Waals surface area (Å²) in [5.74, 6) is 1.44. The summed E-state index contributed by atoms with van der Waals surface area (Å²) in [6.07, 6.45) is 0. The number of halogens is 2. The van der Waals surface area contributed by atoms with Crippen molar-refractivity contribution in [2.24, 2.45) is 0 Å². The van der Waals surface area contributed by atoms with Crippen molar-refractivity contribution in [3.63, 3.8) is 0 Å². The number of aryl methyl sites for hydroxylation is 1. The lowest BCUT2D eigenvalue weighted by molar-refractivity contribution is 0.478. The van der Waals surface area contributed by atoms with Crippen molar-refractivity contribution >= 4 is 23.2 Å². The second-order valence-corrected chi connectivity index (χ2v) is 5.21. The van der Waals surface area contributed by atoms with Crippen LogP contribution in [0.3, 0.4) is 0 Å². The van der Waals surface area contributed by atoms with E-state index >= 15 is 0 Å². The molecule has 100 valence electrons.